The van der Waals surface area contributed by atoms with Crippen molar-refractivity contribution in [3.8, 4) is 22.3 Å². The van der Waals surface area contributed by atoms with Crippen LogP contribution in [0.5, 0.6) is 0 Å². The third kappa shape index (κ3) is 3.65. The molecule has 1 fully saturated rings. The molecule has 48 heavy (non-hydrogen) atoms. The lowest BCUT2D eigenvalue weighted by molar-refractivity contribution is 0.195. The minimum Gasteiger partial charge on any atom is -0.335 e. The Morgan fingerprint density at radius 2 is 1.23 bits per heavy atom. The zero-order valence-corrected chi connectivity index (χ0v) is 28.0. The van der Waals surface area contributed by atoms with Crippen LogP contribution in [0.1, 0.15) is 50.7 Å². The summed E-state index contributed by atoms with van der Waals surface area (Å²) >= 11 is 0. The van der Waals surface area contributed by atoms with Gasteiger partial charge in [0.2, 0.25) is 0 Å². The molecule has 0 radical (unpaired) electrons. The average molecular weight is 619 g/mol. The van der Waals surface area contributed by atoms with E-state index < -0.39 is 0 Å². The van der Waals surface area contributed by atoms with Crippen molar-refractivity contribution in [2.75, 3.05) is 9.80 Å². The van der Waals surface area contributed by atoms with Gasteiger partial charge in [-0.2, -0.15) is 0 Å². The Morgan fingerprint density at radius 3 is 2.00 bits per heavy atom. The molecule has 0 aromatic heterocycles. The van der Waals surface area contributed by atoms with Crippen LogP contribution >= 0.6 is 0 Å². The first-order valence-electron chi connectivity index (χ1n) is 17.7. The fourth-order valence-electron chi connectivity index (χ4n) is 9.96. The van der Waals surface area contributed by atoms with Gasteiger partial charge in [0.15, 0.2) is 0 Å². The highest BCUT2D eigenvalue weighted by molar-refractivity contribution is 7.00. The van der Waals surface area contributed by atoms with Crippen molar-refractivity contribution < 1.29 is 0 Å². The smallest absolute Gasteiger partial charge is 0.252 e. The highest BCUT2D eigenvalue weighted by atomic mass is 15.3. The van der Waals surface area contributed by atoms with Crippen molar-refractivity contribution in [2.45, 2.75) is 57.4 Å². The summed E-state index contributed by atoms with van der Waals surface area (Å²) in [4.78, 5) is 5.39. The number of hydrogen-bond donors (Lipinski definition) is 0. The third-order valence-corrected chi connectivity index (χ3v) is 12.4. The molecule has 0 saturated heterocycles. The van der Waals surface area contributed by atoms with E-state index in [4.69, 9.17) is 0 Å². The number of hydrogen-bond acceptors (Lipinski definition) is 2. The summed E-state index contributed by atoms with van der Waals surface area (Å²) in [7, 11) is 0. The maximum Gasteiger partial charge on any atom is 0.252 e. The van der Waals surface area contributed by atoms with E-state index in [0.29, 0.717) is 0 Å². The molecule has 2 unspecified atom stereocenters. The molecule has 0 amide bonds. The Morgan fingerprint density at radius 1 is 0.562 bits per heavy atom. The SMILES string of the molecule is Cc1cc2c3c(c1)N1c4c(cccc4C4(C)CCCCC14C)B3c1ccc(-c3ccccc3)cc1N2c1cccc(-c2ccccc2)c1. The number of benzene rings is 6. The number of anilines is 5. The molecule has 1 saturated carbocycles. The summed E-state index contributed by atoms with van der Waals surface area (Å²) in [6.07, 6.45) is 5.04. The fraction of sp³-hybridized carbons (Fsp3) is 0.200. The second-order valence-electron chi connectivity index (χ2n) is 14.9. The van der Waals surface area contributed by atoms with Gasteiger partial charge in [-0.05, 0) is 107 Å². The van der Waals surface area contributed by atoms with Gasteiger partial charge in [-0.15, -0.1) is 0 Å². The highest BCUT2D eigenvalue weighted by Crippen LogP contribution is 2.61. The molecular weight excluding hydrogens is 579 g/mol. The second-order valence-corrected chi connectivity index (χ2v) is 14.9. The van der Waals surface area contributed by atoms with Crippen LogP contribution in [0.25, 0.3) is 22.3 Å². The second kappa shape index (κ2) is 10.00. The van der Waals surface area contributed by atoms with E-state index >= 15 is 0 Å². The van der Waals surface area contributed by atoms with Crippen molar-refractivity contribution in [3.05, 3.63) is 145 Å². The predicted octanol–water partition coefficient (Wildman–Crippen LogP) is 9.68. The zero-order valence-electron chi connectivity index (χ0n) is 28.0. The van der Waals surface area contributed by atoms with E-state index in [9.17, 15) is 0 Å². The molecule has 2 atom stereocenters. The zero-order chi connectivity index (χ0) is 32.2. The van der Waals surface area contributed by atoms with E-state index in [2.05, 4.69) is 164 Å². The van der Waals surface area contributed by atoms with Gasteiger partial charge in [-0.25, -0.2) is 0 Å². The van der Waals surface area contributed by atoms with E-state index in [0.717, 1.165) is 0 Å². The first kappa shape index (κ1) is 28.0. The average Bonchev–Trinajstić information content (AvgIpc) is 3.34. The van der Waals surface area contributed by atoms with Crippen LogP contribution in [-0.4, -0.2) is 12.3 Å². The molecule has 0 N–H and O–H groups in total. The van der Waals surface area contributed by atoms with Gasteiger partial charge in [0, 0.05) is 33.9 Å². The number of nitrogens with zero attached hydrogens (tertiary/aromatic N) is 2. The molecule has 6 aromatic carbocycles. The summed E-state index contributed by atoms with van der Waals surface area (Å²) in [5.41, 5.74) is 18.9. The number of para-hydroxylation sites is 1. The molecular formula is C45H39BN2. The maximum absolute atomic E-state index is 2.82. The van der Waals surface area contributed by atoms with Crippen LogP contribution in [0.2, 0.25) is 0 Å². The summed E-state index contributed by atoms with van der Waals surface area (Å²) in [6, 6.07) is 50.2. The van der Waals surface area contributed by atoms with Crippen LogP contribution in [0.3, 0.4) is 0 Å². The quantitative estimate of drug-likeness (QED) is 0.182. The lowest BCUT2D eigenvalue weighted by Crippen LogP contribution is -2.64. The van der Waals surface area contributed by atoms with E-state index in [1.807, 2.05) is 0 Å². The summed E-state index contributed by atoms with van der Waals surface area (Å²) in [6.45, 7) is 7.59. The van der Waals surface area contributed by atoms with E-state index in [1.165, 1.54) is 98.3 Å². The van der Waals surface area contributed by atoms with Gasteiger partial charge >= 0.3 is 0 Å². The molecule has 1 aliphatic carbocycles. The van der Waals surface area contributed by atoms with E-state index in [-0.39, 0.29) is 17.7 Å². The Kier molecular flexibility index (Phi) is 5.84. The lowest BCUT2D eigenvalue weighted by atomic mass is 9.33. The Bertz CT molecular complexity index is 2260. The molecule has 6 aromatic rings. The molecule has 4 aliphatic rings. The molecule has 0 spiro atoms. The lowest BCUT2D eigenvalue weighted by Gasteiger charge is -2.52. The van der Waals surface area contributed by atoms with Crippen LogP contribution in [0, 0.1) is 6.92 Å². The maximum atomic E-state index is 2.82. The van der Waals surface area contributed by atoms with Crippen LogP contribution in [-0.2, 0) is 5.41 Å². The third-order valence-electron chi connectivity index (χ3n) is 12.4. The van der Waals surface area contributed by atoms with Gasteiger partial charge in [0.05, 0.1) is 5.54 Å². The van der Waals surface area contributed by atoms with E-state index in [1.54, 1.807) is 5.56 Å². The first-order chi connectivity index (χ1) is 23.5. The molecule has 2 nitrogen and oxygen atoms in total. The van der Waals surface area contributed by atoms with Crippen molar-refractivity contribution >= 4 is 51.5 Å². The molecule has 232 valence electrons. The molecule has 3 heterocycles. The normalized spacial score (nSPS) is 21.4. The van der Waals surface area contributed by atoms with Crippen LogP contribution in [0.4, 0.5) is 28.4 Å². The number of rotatable bonds is 3. The minimum atomic E-state index is 0.0335. The highest BCUT2D eigenvalue weighted by Gasteiger charge is 2.61. The van der Waals surface area contributed by atoms with Crippen molar-refractivity contribution in [1.82, 2.24) is 0 Å². The molecule has 0 bridgehead atoms. The number of aryl methyl sites for hydroxylation is 1. The minimum absolute atomic E-state index is 0.0335. The van der Waals surface area contributed by atoms with Crippen molar-refractivity contribution in [1.29, 1.82) is 0 Å². The molecule has 3 heteroatoms. The summed E-state index contributed by atoms with van der Waals surface area (Å²) < 4.78 is 0. The Hall–Kier alpha value is -5.02. The largest absolute Gasteiger partial charge is 0.335 e. The van der Waals surface area contributed by atoms with Gasteiger partial charge in [0.25, 0.3) is 6.71 Å². The van der Waals surface area contributed by atoms with Gasteiger partial charge in [-0.3, -0.25) is 0 Å². The summed E-state index contributed by atoms with van der Waals surface area (Å²) in [5.74, 6) is 0. The fourth-order valence-corrected chi connectivity index (χ4v) is 9.96. The summed E-state index contributed by atoms with van der Waals surface area (Å²) in [5, 5.41) is 0. The molecule has 10 rings (SSSR count). The monoisotopic (exact) mass is 618 g/mol. The topological polar surface area (TPSA) is 6.48 Å². The van der Waals surface area contributed by atoms with Crippen molar-refractivity contribution in [3.63, 3.8) is 0 Å². The van der Waals surface area contributed by atoms with Crippen LogP contribution in [0.15, 0.2) is 133 Å². The standard InChI is InChI=1S/C45H39BN2/c1-30-26-40-42-41(27-30)48-43-36(44(2)24-10-11-25-45(44,48)3)20-13-21-38(43)46(42)37-23-22-34(32-16-8-5-9-17-32)29-39(37)47(40)35-19-12-18-33(28-35)31-14-6-4-7-15-31/h4-9,12-23,26-29H,10-11,24-25H2,1-3H3. The molecule has 3 aliphatic heterocycles. The van der Waals surface area contributed by atoms with Crippen LogP contribution < -0.4 is 26.2 Å². The van der Waals surface area contributed by atoms with Crippen molar-refractivity contribution in [2.24, 2.45) is 0 Å². The van der Waals surface area contributed by atoms with Gasteiger partial charge < -0.3 is 9.80 Å². The van der Waals surface area contributed by atoms with Gasteiger partial charge in [0.1, 0.15) is 0 Å². The Balaban J connectivity index is 1.28. The first-order valence-corrected chi connectivity index (χ1v) is 17.7. The van der Waals surface area contributed by atoms with Gasteiger partial charge in [-0.1, -0.05) is 123 Å². The Labute approximate surface area is 284 Å². The predicted molar refractivity (Wildman–Crippen MR) is 204 cm³/mol. The number of fused-ring (bicyclic) bond motifs is 7.